The van der Waals surface area contributed by atoms with Crippen molar-refractivity contribution in [2.24, 2.45) is 0 Å². The quantitative estimate of drug-likeness (QED) is 0.448. The van der Waals surface area contributed by atoms with Crippen LogP contribution in [-0.4, -0.2) is 6.18 Å². The first-order valence-electron chi connectivity index (χ1n) is 3.13. The van der Waals surface area contributed by atoms with Crippen LogP contribution >= 0.6 is 0 Å². The van der Waals surface area contributed by atoms with E-state index in [1.807, 2.05) is 0 Å². The number of halogens is 6. The summed E-state index contributed by atoms with van der Waals surface area (Å²) in [5, 5.41) is 0. The number of alkyl halides is 3. The summed E-state index contributed by atoms with van der Waals surface area (Å²) in [5.41, 5.74) is -1.79. The summed E-state index contributed by atoms with van der Waals surface area (Å²) in [6.07, 6.45) is -4.99. The maximum atomic E-state index is 12.4. The molecule has 0 amide bonds. The van der Waals surface area contributed by atoms with Gasteiger partial charge in [0.15, 0.2) is 11.7 Å². The van der Waals surface area contributed by atoms with E-state index in [0.717, 1.165) is 0 Å². The molecule has 76 valence electrons. The van der Waals surface area contributed by atoms with Crippen molar-refractivity contribution in [3.8, 4) is 0 Å². The maximum absolute atomic E-state index is 12.4. The first kappa shape index (κ1) is 12.1. The molecule has 0 nitrogen and oxygen atoms in total. The van der Waals surface area contributed by atoms with Crippen LogP contribution in [0.1, 0.15) is 13.8 Å². The van der Waals surface area contributed by atoms with Crippen molar-refractivity contribution < 1.29 is 26.3 Å². The Balaban J connectivity index is 5.18. The summed E-state index contributed by atoms with van der Waals surface area (Å²) in [6.45, 7) is 0.858. The normalized spacial score (nSPS) is 16.6. The molecule has 0 unspecified atom stereocenters. The molecule has 0 aromatic carbocycles. The lowest BCUT2D eigenvalue weighted by Crippen LogP contribution is -2.10. The van der Waals surface area contributed by atoms with Crippen LogP contribution in [0.25, 0.3) is 0 Å². The first-order valence-corrected chi connectivity index (χ1v) is 3.13. The minimum atomic E-state index is -4.99. The molecule has 0 radical (unpaired) electrons. The Kier molecular flexibility index (Phi) is 3.57. The minimum absolute atomic E-state index is 0.331. The van der Waals surface area contributed by atoms with Gasteiger partial charge in [0.1, 0.15) is 5.83 Å². The van der Waals surface area contributed by atoms with E-state index >= 15 is 0 Å². The number of hydrogen-bond acceptors (Lipinski definition) is 0. The molecule has 0 saturated carbocycles. The molecule has 0 spiro atoms. The fraction of sp³-hybridized carbons (Fsp3) is 0.429. The molecule has 0 fully saturated rings. The number of allylic oxidation sites excluding steroid dienone is 4. The molecule has 0 bridgehead atoms. The highest BCUT2D eigenvalue weighted by atomic mass is 19.4. The first-order chi connectivity index (χ1) is 5.68. The Morgan fingerprint density at radius 2 is 1.23 bits per heavy atom. The van der Waals surface area contributed by atoms with Crippen LogP contribution in [-0.2, 0) is 0 Å². The Bertz CT molecular complexity index is 253. The fourth-order valence-corrected chi connectivity index (χ4v) is 0.440. The average molecular weight is 204 g/mol. The fourth-order valence-electron chi connectivity index (χ4n) is 0.440. The highest BCUT2D eigenvalue weighted by molar-refractivity contribution is 5.27. The van der Waals surface area contributed by atoms with Gasteiger partial charge in [0.05, 0.1) is 5.57 Å². The highest BCUT2D eigenvalue weighted by Gasteiger charge is 2.34. The zero-order valence-electron chi connectivity index (χ0n) is 6.77. The second-order valence-corrected chi connectivity index (χ2v) is 2.28. The maximum Gasteiger partial charge on any atom is 0.415 e. The van der Waals surface area contributed by atoms with Gasteiger partial charge in [-0.1, -0.05) is 0 Å². The van der Waals surface area contributed by atoms with Gasteiger partial charge in [0.2, 0.25) is 0 Å². The SMILES string of the molecule is CC(F)=C(F)C(F)=C(C)C(F)(F)F. The van der Waals surface area contributed by atoms with Gasteiger partial charge in [-0.2, -0.15) is 13.2 Å². The van der Waals surface area contributed by atoms with Crippen molar-refractivity contribution >= 4 is 0 Å². The molecule has 0 aromatic rings. The van der Waals surface area contributed by atoms with Crippen molar-refractivity contribution in [1.82, 2.24) is 0 Å². The van der Waals surface area contributed by atoms with Crippen LogP contribution in [0, 0.1) is 0 Å². The van der Waals surface area contributed by atoms with Crippen molar-refractivity contribution in [3.05, 3.63) is 23.1 Å². The van der Waals surface area contributed by atoms with E-state index in [2.05, 4.69) is 0 Å². The number of rotatable bonds is 1. The van der Waals surface area contributed by atoms with Gasteiger partial charge in [-0.25, -0.2) is 13.2 Å². The standard InChI is InChI=1S/C7H6F6/c1-3(7(11,12)13)5(9)6(10)4(2)8/h1-2H3. The van der Waals surface area contributed by atoms with Crippen LogP contribution in [0.4, 0.5) is 26.3 Å². The monoisotopic (exact) mass is 204 g/mol. The minimum Gasteiger partial charge on any atom is -0.209 e. The predicted molar refractivity (Wildman–Crippen MR) is 34.8 cm³/mol. The molecule has 0 aromatic heterocycles. The van der Waals surface area contributed by atoms with Gasteiger partial charge in [0.25, 0.3) is 0 Å². The largest absolute Gasteiger partial charge is 0.415 e. The highest BCUT2D eigenvalue weighted by Crippen LogP contribution is 2.32. The molecule has 0 saturated heterocycles. The van der Waals surface area contributed by atoms with Crippen molar-refractivity contribution in [2.75, 3.05) is 0 Å². The zero-order chi connectivity index (χ0) is 10.8. The molecule has 6 heteroatoms. The van der Waals surface area contributed by atoms with E-state index in [9.17, 15) is 26.3 Å². The molecular weight excluding hydrogens is 198 g/mol. The van der Waals surface area contributed by atoms with Crippen LogP contribution < -0.4 is 0 Å². The summed E-state index contributed by atoms with van der Waals surface area (Å²) in [7, 11) is 0. The van der Waals surface area contributed by atoms with Crippen LogP contribution in [0.15, 0.2) is 23.1 Å². The molecular formula is C7H6F6. The third-order valence-electron chi connectivity index (χ3n) is 1.25. The number of hydrogen-bond donors (Lipinski definition) is 0. The Hall–Kier alpha value is -0.940. The lowest BCUT2D eigenvalue weighted by atomic mass is 10.2. The second kappa shape index (κ2) is 3.85. The van der Waals surface area contributed by atoms with Gasteiger partial charge in [-0.05, 0) is 13.8 Å². The molecule has 0 rings (SSSR count). The molecule has 0 atom stereocenters. The molecule has 0 aliphatic heterocycles. The van der Waals surface area contributed by atoms with E-state index in [1.165, 1.54) is 0 Å². The van der Waals surface area contributed by atoms with E-state index in [0.29, 0.717) is 13.8 Å². The summed E-state index contributed by atoms with van der Waals surface area (Å²) >= 11 is 0. The smallest absolute Gasteiger partial charge is 0.209 e. The van der Waals surface area contributed by atoms with Crippen molar-refractivity contribution in [2.45, 2.75) is 20.0 Å². The molecule has 0 heterocycles. The molecule has 13 heavy (non-hydrogen) atoms. The van der Waals surface area contributed by atoms with E-state index < -0.39 is 29.2 Å². The Morgan fingerprint density at radius 3 is 1.46 bits per heavy atom. The average Bonchev–Trinajstić information content (AvgIpc) is 1.98. The van der Waals surface area contributed by atoms with Gasteiger partial charge in [-0.15, -0.1) is 0 Å². The second-order valence-electron chi connectivity index (χ2n) is 2.28. The van der Waals surface area contributed by atoms with Crippen molar-refractivity contribution in [3.63, 3.8) is 0 Å². The van der Waals surface area contributed by atoms with Gasteiger partial charge < -0.3 is 0 Å². The lowest BCUT2D eigenvalue weighted by Gasteiger charge is -2.07. The van der Waals surface area contributed by atoms with Crippen molar-refractivity contribution in [1.29, 1.82) is 0 Å². The summed E-state index contributed by atoms with van der Waals surface area (Å²) in [4.78, 5) is 0. The van der Waals surface area contributed by atoms with E-state index in [1.54, 1.807) is 0 Å². The molecule has 0 aliphatic rings. The lowest BCUT2D eigenvalue weighted by molar-refractivity contribution is -0.0932. The third kappa shape index (κ3) is 3.12. The van der Waals surface area contributed by atoms with Crippen LogP contribution in [0.2, 0.25) is 0 Å². The Morgan fingerprint density at radius 1 is 0.846 bits per heavy atom. The third-order valence-corrected chi connectivity index (χ3v) is 1.25. The van der Waals surface area contributed by atoms with Gasteiger partial charge in [0, 0.05) is 0 Å². The summed E-state index contributed by atoms with van der Waals surface area (Å²) < 4.78 is 71.8. The van der Waals surface area contributed by atoms with Gasteiger partial charge in [-0.3, -0.25) is 0 Å². The summed E-state index contributed by atoms with van der Waals surface area (Å²) in [5.74, 6) is -5.96. The van der Waals surface area contributed by atoms with Gasteiger partial charge >= 0.3 is 6.18 Å². The molecule has 0 aliphatic carbocycles. The van der Waals surface area contributed by atoms with Crippen LogP contribution in [0.3, 0.4) is 0 Å². The zero-order valence-corrected chi connectivity index (χ0v) is 6.77. The molecule has 0 N–H and O–H groups in total. The summed E-state index contributed by atoms with van der Waals surface area (Å²) in [6, 6.07) is 0. The van der Waals surface area contributed by atoms with E-state index in [-0.39, 0.29) is 0 Å². The van der Waals surface area contributed by atoms with E-state index in [4.69, 9.17) is 0 Å². The van der Waals surface area contributed by atoms with Crippen LogP contribution in [0.5, 0.6) is 0 Å². The Labute approximate surface area is 70.5 Å². The predicted octanol–water partition coefficient (Wildman–Crippen LogP) is 3.96. The topological polar surface area (TPSA) is 0 Å².